The molecule has 3 nitrogen and oxygen atoms in total. The van der Waals surface area contributed by atoms with E-state index in [-0.39, 0.29) is 11.4 Å². The van der Waals surface area contributed by atoms with E-state index in [4.69, 9.17) is 5.73 Å². The lowest BCUT2D eigenvalue weighted by Crippen LogP contribution is -2.56. The second-order valence-corrected chi connectivity index (χ2v) is 5.42. The molecule has 0 aromatic heterocycles. The van der Waals surface area contributed by atoms with E-state index < -0.39 is 0 Å². The van der Waals surface area contributed by atoms with E-state index in [0.29, 0.717) is 12.0 Å². The Morgan fingerprint density at radius 1 is 1.33 bits per heavy atom. The van der Waals surface area contributed by atoms with Crippen LogP contribution in [0.4, 0.5) is 0 Å². The van der Waals surface area contributed by atoms with Crippen molar-refractivity contribution in [3.63, 3.8) is 0 Å². The van der Waals surface area contributed by atoms with Crippen LogP contribution in [-0.4, -0.2) is 17.5 Å². The van der Waals surface area contributed by atoms with Crippen LogP contribution in [0.1, 0.15) is 51.9 Å². The monoisotopic (exact) mass is 210 g/mol. The van der Waals surface area contributed by atoms with Gasteiger partial charge in [0.25, 0.3) is 0 Å². The Bertz CT molecular complexity index is 248. The van der Waals surface area contributed by atoms with Crippen LogP contribution in [-0.2, 0) is 4.79 Å². The minimum Gasteiger partial charge on any atom is -0.368 e. The number of primary amides is 1. The maximum Gasteiger partial charge on any atom is 0.237 e. The fourth-order valence-electron chi connectivity index (χ4n) is 3.18. The van der Waals surface area contributed by atoms with E-state index in [1.54, 1.807) is 0 Å². The Labute approximate surface area is 91.8 Å². The zero-order valence-corrected chi connectivity index (χ0v) is 9.59. The van der Waals surface area contributed by atoms with Crippen molar-refractivity contribution in [2.75, 3.05) is 0 Å². The molecule has 2 aliphatic rings. The number of nitrogens with two attached hydrogens (primary N) is 1. The molecule has 0 spiro atoms. The quantitative estimate of drug-likeness (QED) is 0.742. The average Bonchev–Trinajstić information content (AvgIpc) is 2.77. The third-order valence-corrected chi connectivity index (χ3v) is 4.07. The maximum atomic E-state index is 11.6. The van der Waals surface area contributed by atoms with Crippen molar-refractivity contribution in [2.24, 2.45) is 11.7 Å². The van der Waals surface area contributed by atoms with Gasteiger partial charge in [-0.25, -0.2) is 0 Å². The van der Waals surface area contributed by atoms with Gasteiger partial charge in [-0.2, -0.15) is 0 Å². The second-order valence-electron chi connectivity index (χ2n) is 5.42. The molecule has 0 aliphatic heterocycles. The standard InChI is InChI=1S/C12H22N2O/c1-9-6-7-12(8-9,11(13)15)14-10-4-2-3-5-10/h9-10,14H,2-8H2,1H3,(H2,13,15). The van der Waals surface area contributed by atoms with Crippen molar-refractivity contribution in [2.45, 2.75) is 63.5 Å². The third kappa shape index (κ3) is 2.17. The molecule has 0 aromatic carbocycles. The van der Waals surface area contributed by atoms with Crippen LogP contribution < -0.4 is 11.1 Å². The van der Waals surface area contributed by atoms with E-state index in [9.17, 15) is 4.79 Å². The second kappa shape index (κ2) is 4.12. The molecule has 86 valence electrons. The lowest BCUT2D eigenvalue weighted by molar-refractivity contribution is -0.124. The van der Waals surface area contributed by atoms with Crippen LogP contribution in [0.3, 0.4) is 0 Å². The molecule has 2 fully saturated rings. The van der Waals surface area contributed by atoms with Crippen molar-refractivity contribution in [3.8, 4) is 0 Å². The molecule has 2 unspecified atom stereocenters. The summed E-state index contributed by atoms with van der Waals surface area (Å²) < 4.78 is 0. The van der Waals surface area contributed by atoms with Gasteiger partial charge in [0.1, 0.15) is 0 Å². The van der Waals surface area contributed by atoms with E-state index in [1.165, 1.54) is 25.7 Å². The summed E-state index contributed by atoms with van der Waals surface area (Å²) >= 11 is 0. The number of nitrogens with one attached hydrogen (secondary N) is 1. The fourth-order valence-corrected chi connectivity index (χ4v) is 3.18. The number of carbonyl (C=O) groups excluding carboxylic acids is 1. The highest BCUT2D eigenvalue weighted by Gasteiger charge is 2.43. The summed E-state index contributed by atoms with van der Waals surface area (Å²) in [7, 11) is 0. The molecular weight excluding hydrogens is 188 g/mol. The molecule has 3 N–H and O–H groups in total. The number of carbonyl (C=O) groups is 1. The normalized spacial score (nSPS) is 37.3. The summed E-state index contributed by atoms with van der Waals surface area (Å²) in [6.45, 7) is 2.21. The summed E-state index contributed by atoms with van der Waals surface area (Å²) in [4.78, 5) is 11.6. The van der Waals surface area contributed by atoms with Gasteiger partial charge in [-0.15, -0.1) is 0 Å². The van der Waals surface area contributed by atoms with Crippen molar-refractivity contribution >= 4 is 5.91 Å². The molecule has 2 atom stereocenters. The highest BCUT2D eigenvalue weighted by molar-refractivity contribution is 5.85. The number of rotatable bonds is 3. The van der Waals surface area contributed by atoms with Gasteiger partial charge in [0, 0.05) is 6.04 Å². The Morgan fingerprint density at radius 2 is 2.00 bits per heavy atom. The van der Waals surface area contributed by atoms with Crippen molar-refractivity contribution in [1.82, 2.24) is 5.32 Å². The van der Waals surface area contributed by atoms with Crippen LogP contribution >= 0.6 is 0 Å². The van der Waals surface area contributed by atoms with Crippen LogP contribution in [0.5, 0.6) is 0 Å². The van der Waals surface area contributed by atoms with Gasteiger partial charge in [0.2, 0.25) is 5.91 Å². The van der Waals surface area contributed by atoms with Gasteiger partial charge in [0.05, 0.1) is 5.54 Å². The molecule has 0 bridgehead atoms. The Morgan fingerprint density at radius 3 is 2.47 bits per heavy atom. The van der Waals surface area contributed by atoms with E-state index >= 15 is 0 Å². The summed E-state index contributed by atoms with van der Waals surface area (Å²) in [5.41, 5.74) is 5.19. The summed E-state index contributed by atoms with van der Waals surface area (Å²) in [5, 5.41) is 3.55. The first-order valence-electron chi connectivity index (χ1n) is 6.20. The Hall–Kier alpha value is -0.570. The van der Waals surface area contributed by atoms with E-state index in [0.717, 1.165) is 19.3 Å². The molecule has 0 radical (unpaired) electrons. The molecular formula is C12H22N2O. The SMILES string of the molecule is CC1CCC(NC2CCCC2)(C(N)=O)C1. The summed E-state index contributed by atoms with van der Waals surface area (Å²) in [6, 6.07) is 0.530. The molecule has 0 heterocycles. The van der Waals surface area contributed by atoms with Gasteiger partial charge in [-0.1, -0.05) is 19.8 Å². The molecule has 0 aromatic rings. The predicted molar refractivity (Wildman–Crippen MR) is 60.3 cm³/mol. The summed E-state index contributed by atoms with van der Waals surface area (Å²) in [6.07, 6.45) is 8.00. The smallest absolute Gasteiger partial charge is 0.237 e. The lowest BCUT2D eigenvalue weighted by atomic mass is 9.93. The highest BCUT2D eigenvalue weighted by atomic mass is 16.1. The minimum absolute atomic E-state index is 0.140. The van der Waals surface area contributed by atoms with Gasteiger partial charge < -0.3 is 11.1 Å². The van der Waals surface area contributed by atoms with Crippen molar-refractivity contribution < 1.29 is 4.79 Å². The van der Waals surface area contributed by atoms with Crippen molar-refractivity contribution in [1.29, 1.82) is 0 Å². The molecule has 2 aliphatic carbocycles. The Kier molecular flexibility index (Phi) is 3.01. The molecule has 0 saturated heterocycles. The third-order valence-electron chi connectivity index (χ3n) is 4.07. The molecule has 1 amide bonds. The van der Waals surface area contributed by atoms with Crippen LogP contribution in [0, 0.1) is 5.92 Å². The first-order valence-corrected chi connectivity index (χ1v) is 6.20. The largest absolute Gasteiger partial charge is 0.368 e. The zero-order valence-electron chi connectivity index (χ0n) is 9.59. The molecule has 3 heteroatoms. The van der Waals surface area contributed by atoms with Crippen LogP contribution in [0.25, 0.3) is 0 Å². The topological polar surface area (TPSA) is 55.1 Å². The predicted octanol–water partition coefficient (Wildman–Crippen LogP) is 1.56. The minimum atomic E-state index is -0.381. The van der Waals surface area contributed by atoms with Gasteiger partial charge in [-0.3, -0.25) is 4.79 Å². The highest BCUT2D eigenvalue weighted by Crippen LogP contribution is 2.35. The van der Waals surface area contributed by atoms with Crippen LogP contribution in [0.2, 0.25) is 0 Å². The first-order chi connectivity index (χ1) is 7.12. The number of amides is 1. The zero-order chi connectivity index (χ0) is 10.9. The van der Waals surface area contributed by atoms with Crippen molar-refractivity contribution in [3.05, 3.63) is 0 Å². The van der Waals surface area contributed by atoms with E-state index in [1.807, 2.05) is 0 Å². The van der Waals surface area contributed by atoms with Gasteiger partial charge in [-0.05, 0) is 38.0 Å². The lowest BCUT2D eigenvalue weighted by Gasteiger charge is -2.30. The maximum absolute atomic E-state index is 11.6. The summed E-state index contributed by atoms with van der Waals surface area (Å²) in [5.74, 6) is 0.491. The Balaban J connectivity index is 2.02. The molecule has 15 heavy (non-hydrogen) atoms. The molecule has 2 saturated carbocycles. The fraction of sp³-hybridized carbons (Fsp3) is 0.917. The van der Waals surface area contributed by atoms with Gasteiger partial charge >= 0.3 is 0 Å². The number of hydrogen-bond donors (Lipinski definition) is 2. The van der Waals surface area contributed by atoms with Gasteiger partial charge in [0.15, 0.2) is 0 Å². The van der Waals surface area contributed by atoms with E-state index in [2.05, 4.69) is 12.2 Å². The first kappa shape index (κ1) is 10.9. The average molecular weight is 210 g/mol. The van der Waals surface area contributed by atoms with Crippen LogP contribution in [0.15, 0.2) is 0 Å². The molecule has 2 rings (SSSR count). The number of hydrogen-bond acceptors (Lipinski definition) is 2.